The van der Waals surface area contributed by atoms with Gasteiger partial charge in [0, 0.05) is 16.5 Å². The summed E-state index contributed by atoms with van der Waals surface area (Å²) < 4.78 is 0. The van der Waals surface area contributed by atoms with Crippen LogP contribution in [0.2, 0.25) is 0 Å². The standard InChI is InChI=1S/C19H18N2OS/c1-13-6-5-8-15(10-13)18(22)20-11-16-12-23-19(21-16)17-9-4-3-7-14(17)2/h3-10,12H,11H2,1-2H3,(H,20,22). The lowest BCUT2D eigenvalue weighted by molar-refractivity contribution is 0.0950. The molecule has 23 heavy (non-hydrogen) atoms. The summed E-state index contributed by atoms with van der Waals surface area (Å²) in [6, 6.07) is 15.8. The van der Waals surface area contributed by atoms with E-state index in [9.17, 15) is 4.79 Å². The van der Waals surface area contributed by atoms with Crippen LogP contribution < -0.4 is 5.32 Å². The van der Waals surface area contributed by atoms with Crippen molar-refractivity contribution in [2.45, 2.75) is 20.4 Å². The van der Waals surface area contributed by atoms with Crippen molar-refractivity contribution >= 4 is 17.2 Å². The van der Waals surface area contributed by atoms with E-state index in [1.807, 2.05) is 48.7 Å². The first-order chi connectivity index (χ1) is 11.1. The minimum absolute atomic E-state index is 0.0702. The number of amides is 1. The number of benzene rings is 2. The van der Waals surface area contributed by atoms with Crippen molar-refractivity contribution in [2.75, 3.05) is 0 Å². The van der Waals surface area contributed by atoms with E-state index in [2.05, 4.69) is 29.4 Å². The summed E-state index contributed by atoms with van der Waals surface area (Å²) in [6.07, 6.45) is 0. The van der Waals surface area contributed by atoms with Gasteiger partial charge in [0.1, 0.15) is 5.01 Å². The van der Waals surface area contributed by atoms with Gasteiger partial charge in [-0.25, -0.2) is 4.98 Å². The molecule has 0 aliphatic heterocycles. The van der Waals surface area contributed by atoms with Gasteiger partial charge in [0.2, 0.25) is 0 Å². The molecule has 0 radical (unpaired) electrons. The number of aryl methyl sites for hydroxylation is 2. The van der Waals surface area contributed by atoms with Crippen molar-refractivity contribution in [1.29, 1.82) is 0 Å². The van der Waals surface area contributed by atoms with Gasteiger partial charge in [-0.05, 0) is 31.5 Å². The van der Waals surface area contributed by atoms with Crippen LogP contribution >= 0.6 is 11.3 Å². The number of nitrogens with zero attached hydrogens (tertiary/aromatic N) is 1. The lowest BCUT2D eigenvalue weighted by atomic mass is 10.1. The number of carbonyl (C=O) groups is 1. The molecule has 0 bridgehead atoms. The smallest absolute Gasteiger partial charge is 0.251 e. The molecule has 0 spiro atoms. The van der Waals surface area contributed by atoms with Gasteiger partial charge in [0.05, 0.1) is 12.2 Å². The Labute approximate surface area is 140 Å². The van der Waals surface area contributed by atoms with E-state index in [-0.39, 0.29) is 5.91 Å². The van der Waals surface area contributed by atoms with Crippen LogP contribution in [0.3, 0.4) is 0 Å². The summed E-state index contributed by atoms with van der Waals surface area (Å²) in [5.41, 5.74) is 4.99. The molecule has 0 unspecified atom stereocenters. The van der Waals surface area contributed by atoms with Gasteiger partial charge in [-0.2, -0.15) is 0 Å². The fourth-order valence-corrected chi connectivity index (χ4v) is 3.29. The number of carbonyl (C=O) groups excluding carboxylic acids is 1. The molecule has 0 saturated carbocycles. The Balaban J connectivity index is 1.68. The number of hydrogen-bond donors (Lipinski definition) is 1. The number of nitrogens with one attached hydrogen (secondary N) is 1. The van der Waals surface area contributed by atoms with Gasteiger partial charge in [0.25, 0.3) is 5.91 Å². The first-order valence-corrected chi connectivity index (χ1v) is 8.37. The van der Waals surface area contributed by atoms with Crippen LogP contribution in [0.4, 0.5) is 0 Å². The Kier molecular flexibility index (Phi) is 4.53. The molecular formula is C19H18N2OS. The fraction of sp³-hybridized carbons (Fsp3) is 0.158. The van der Waals surface area contributed by atoms with Crippen molar-refractivity contribution in [1.82, 2.24) is 10.3 Å². The van der Waals surface area contributed by atoms with Gasteiger partial charge in [-0.1, -0.05) is 42.0 Å². The molecule has 3 rings (SSSR count). The Hall–Kier alpha value is -2.46. The van der Waals surface area contributed by atoms with Crippen LogP contribution in [0.15, 0.2) is 53.9 Å². The van der Waals surface area contributed by atoms with Gasteiger partial charge in [-0.15, -0.1) is 11.3 Å². The van der Waals surface area contributed by atoms with E-state index in [1.54, 1.807) is 11.3 Å². The molecule has 1 aromatic heterocycles. The lowest BCUT2D eigenvalue weighted by Crippen LogP contribution is -2.22. The first-order valence-electron chi connectivity index (χ1n) is 7.49. The molecule has 0 fully saturated rings. The maximum absolute atomic E-state index is 12.2. The first kappa shape index (κ1) is 15.4. The molecule has 116 valence electrons. The van der Waals surface area contributed by atoms with Gasteiger partial charge in [0.15, 0.2) is 0 Å². The molecule has 0 aliphatic carbocycles. The number of thiazole rings is 1. The van der Waals surface area contributed by atoms with Crippen molar-refractivity contribution in [3.63, 3.8) is 0 Å². The normalized spacial score (nSPS) is 10.5. The maximum Gasteiger partial charge on any atom is 0.251 e. The Morgan fingerprint density at radius 2 is 1.96 bits per heavy atom. The highest BCUT2D eigenvalue weighted by Crippen LogP contribution is 2.26. The second-order valence-corrected chi connectivity index (χ2v) is 6.37. The average molecular weight is 322 g/mol. The summed E-state index contributed by atoms with van der Waals surface area (Å²) in [4.78, 5) is 16.8. The SMILES string of the molecule is Cc1cccc(C(=O)NCc2csc(-c3ccccc3C)n2)c1. The Bertz CT molecular complexity index is 839. The lowest BCUT2D eigenvalue weighted by Gasteiger charge is -2.04. The van der Waals surface area contributed by atoms with Crippen LogP contribution in [0.1, 0.15) is 27.2 Å². The van der Waals surface area contributed by atoms with E-state index in [0.717, 1.165) is 21.8 Å². The van der Waals surface area contributed by atoms with Gasteiger partial charge in [-0.3, -0.25) is 4.79 Å². The largest absolute Gasteiger partial charge is 0.346 e. The summed E-state index contributed by atoms with van der Waals surface area (Å²) in [6.45, 7) is 4.50. The van der Waals surface area contributed by atoms with Crippen LogP contribution in [0, 0.1) is 13.8 Å². The quantitative estimate of drug-likeness (QED) is 0.775. The minimum Gasteiger partial charge on any atom is -0.346 e. The summed E-state index contributed by atoms with van der Waals surface area (Å²) in [5.74, 6) is -0.0702. The molecule has 1 heterocycles. The number of rotatable bonds is 4. The van der Waals surface area contributed by atoms with Crippen molar-refractivity contribution < 1.29 is 4.79 Å². The predicted octanol–water partition coefficient (Wildman–Crippen LogP) is 4.36. The molecule has 0 atom stereocenters. The maximum atomic E-state index is 12.2. The van der Waals surface area contributed by atoms with E-state index >= 15 is 0 Å². The molecule has 2 aromatic carbocycles. The fourth-order valence-electron chi connectivity index (χ4n) is 2.38. The third-order valence-electron chi connectivity index (χ3n) is 3.64. The average Bonchev–Trinajstić information content (AvgIpc) is 3.02. The van der Waals surface area contributed by atoms with Crippen molar-refractivity contribution in [3.8, 4) is 10.6 Å². The molecule has 4 heteroatoms. The Morgan fingerprint density at radius 1 is 1.13 bits per heavy atom. The molecule has 3 nitrogen and oxygen atoms in total. The van der Waals surface area contributed by atoms with Gasteiger partial charge < -0.3 is 5.32 Å². The highest BCUT2D eigenvalue weighted by Gasteiger charge is 2.09. The van der Waals surface area contributed by atoms with Crippen LogP contribution in [0.25, 0.3) is 10.6 Å². The Morgan fingerprint density at radius 3 is 2.74 bits per heavy atom. The van der Waals surface area contributed by atoms with Gasteiger partial charge >= 0.3 is 0 Å². The highest BCUT2D eigenvalue weighted by atomic mass is 32.1. The molecule has 3 aromatic rings. The highest BCUT2D eigenvalue weighted by molar-refractivity contribution is 7.13. The second kappa shape index (κ2) is 6.75. The van der Waals surface area contributed by atoms with Crippen LogP contribution in [-0.4, -0.2) is 10.9 Å². The second-order valence-electron chi connectivity index (χ2n) is 5.51. The zero-order valence-corrected chi connectivity index (χ0v) is 14.0. The molecule has 1 N–H and O–H groups in total. The molecule has 0 aliphatic rings. The van der Waals surface area contributed by atoms with E-state index in [0.29, 0.717) is 12.1 Å². The van der Waals surface area contributed by atoms with Crippen molar-refractivity contribution in [3.05, 3.63) is 76.3 Å². The third-order valence-corrected chi connectivity index (χ3v) is 4.56. The van der Waals surface area contributed by atoms with E-state index in [4.69, 9.17) is 0 Å². The summed E-state index contributed by atoms with van der Waals surface area (Å²) >= 11 is 1.60. The third kappa shape index (κ3) is 3.66. The van der Waals surface area contributed by atoms with Crippen molar-refractivity contribution in [2.24, 2.45) is 0 Å². The number of hydrogen-bond acceptors (Lipinski definition) is 3. The topological polar surface area (TPSA) is 42.0 Å². The van der Waals surface area contributed by atoms with E-state index in [1.165, 1.54) is 5.56 Å². The van der Waals surface area contributed by atoms with Crippen LogP contribution in [-0.2, 0) is 6.54 Å². The summed E-state index contributed by atoms with van der Waals surface area (Å²) in [7, 11) is 0. The monoisotopic (exact) mass is 322 g/mol. The summed E-state index contributed by atoms with van der Waals surface area (Å²) in [5, 5.41) is 5.91. The molecule has 0 saturated heterocycles. The molecule has 1 amide bonds. The minimum atomic E-state index is -0.0702. The predicted molar refractivity (Wildman–Crippen MR) is 94.6 cm³/mol. The zero-order chi connectivity index (χ0) is 16.2. The van der Waals surface area contributed by atoms with Crippen LogP contribution in [0.5, 0.6) is 0 Å². The number of aromatic nitrogens is 1. The van der Waals surface area contributed by atoms with E-state index < -0.39 is 0 Å². The molecular weight excluding hydrogens is 304 g/mol. The zero-order valence-electron chi connectivity index (χ0n) is 13.2.